The minimum atomic E-state index is -0.384. The third kappa shape index (κ3) is 12.6. The number of nitro groups is 2. The Bertz CT molecular complexity index is 4100. The molecule has 0 aliphatic rings. The van der Waals surface area contributed by atoms with Crippen molar-refractivity contribution in [2.24, 2.45) is 0 Å². The second-order valence-corrected chi connectivity index (χ2v) is 20.0. The molecule has 12 aromatic rings. The number of hydrogen-bond acceptors (Lipinski definition) is 8. The molecule has 0 unspecified atom stereocenters. The van der Waals surface area contributed by atoms with Gasteiger partial charge in [-0.25, -0.2) is 0 Å². The van der Waals surface area contributed by atoms with E-state index in [0.29, 0.717) is 0 Å². The number of nitro benzene ring substituents is 2. The molecule has 0 aliphatic carbocycles. The van der Waals surface area contributed by atoms with Crippen molar-refractivity contribution in [2.45, 2.75) is 0 Å². The summed E-state index contributed by atoms with van der Waals surface area (Å²) in [5, 5.41) is 22.2. The number of anilines is 10. The second-order valence-electron chi connectivity index (χ2n) is 20.0. The van der Waals surface area contributed by atoms with E-state index in [1.807, 2.05) is 66.4 Å². The smallest absolute Gasteiger partial charge is 0.271 e. The molecule has 0 fully saturated rings. The lowest BCUT2D eigenvalue weighted by Gasteiger charge is -2.26. The Morgan fingerprint density at radius 2 is 0.452 bits per heavy atom. The predicted octanol–water partition coefficient (Wildman–Crippen LogP) is 20.3. The van der Waals surface area contributed by atoms with Crippen LogP contribution in [-0.4, -0.2) is 23.9 Å². The fourth-order valence-electron chi connectivity index (χ4n) is 10.2. The van der Waals surface area contributed by atoms with Crippen LogP contribution in [0.2, 0.25) is 0 Å². The normalized spacial score (nSPS) is 10.7. The molecule has 0 aromatic heterocycles. The highest BCUT2D eigenvalue weighted by Crippen LogP contribution is 2.40. The van der Waals surface area contributed by atoms with Crippen molar-refractivity contribution in [3.05, 3.63) is 336 Å². The summed E-state index contributed by atoms with van der Waals surface area (Å²) in [4.78, 5) is 29.9. The quantitative estimate of drug-likeness (QED) is 0.0697. The Hall–Kier alpha value is -11.4. The van der Waals surface area contributed by atoms with Gasteiger partial charge in [-0.1, -0.05) is 176 Å². The highest BCUT2D eigenvalue weighted by atomic mass is 16.6. The zero-order chi connectivity index (χ0) is 57.8. The van der Waals surface area contributed by atoms with Gasteiger partial charge in [-0.2, -0.15) is 0 Å². The molecule has 408 valence electrons. The van der Waals surface area contributed by atoms with Crippen LogP contribution in [0.15, 0.2) is 315 Å². The summed E-state index contributed by atoms with van der Waals surface area (Å²) in [6.45, 7) is 0. The first-order valence-electron chi connectivity index (χ1n) is 27.5. The van der Waals surface area contributed by atoms with Crippen molar-refractivity contribution in [1.29, 1.82) is 0 Å². The van der Waals surface area contributed by atoms with Crippen molar-refractivity contribution in [3.63, 3.8) is 0 Å². The lowest BCUT2D eigenvalue weighted by Crippen LogP contribution is -2.09. The lowest BCUT2D eigenvalue weighted by atomic mass is 10.0. The molecule has 0 bridgehead atoms. The van der Waals surface area contributed by atoms with Crippen LogP contribution in [0.5, 0.6) is 0 Å². The maximum atomic E-state index is 11.2. The minimum absolute atomic E-state index is 0.0766. The molecular formula is C74H58N6O4. The highest BCUT2D eigenvalue weighted by Gasteiger charge is 2.17. The van der Waals surface area contributed by atoms with Crippen molar-refractivity contribution in [2.75, 3.05) is 33.7 Å². The van der Waals surface area contributed by atoms with Gasteiger partial charge < -0.3 is 19.6 Å². The summed E-state index contributed by atoms with van der Waals surface area (Å²) >= 11 is 0. The monoisotopic (exact) mass is 1090 g/mol. The number of benzene rings is 12. The maximum absolute atomic E-state index is 11.2. The molecule has 84 heavy (non-hydrogen) atoms. The largest absolute Gasteiger partial charge is 0.345 e. The van der Waals surface area contributed by atoms with Crippen molar-refractivity contribution < 1.29 is 9.85 Å². The zero-order valence-electron chi connectivity index (χ0n) is 46.3. The van der Waals surface area contributed by atoms with Gasteiger partial charge in [0.1, 0.15) is 0 Å². The maximum Gasteiger partial charge on any atom is 0.271 e. The van der Waals surface area contributed by atoms with E-state index >= 15 is 0 Å². The zero-order valence-corrected chi connectivity index (χ0v) is 46.3. The molecule has 10 nitrogen and oxygen atoms in total. The molecule has 10 heteroatoms. The predicted molar refractivity (Wildman–Crippen MR) is 346 cm³/mol. The van der Waals surface area contributed by atoms with Crippen LogP contribution < -0.4 is 19.6 Å². The summed E-state index contributed by atoms with van der Waals surface area (Å²) < 4.78 is 0. The minimum Gasteiger partial charge on any atom is -0.345 e. The topological polar surface area (TPSA) is 99.2 Å². The van der Waals surface area contributed by atoms with Crippen LogP contribution in [0.25, 0.3) is 44.5 Å². The molecule has 0 saturated carbocycles. The SMILES string of the molecule is CN(c1ccc(-c2ccc(N(c3ccccc3)c3ccc(-c4ccccc4)cc3)cc2)cc1)c1ccc([N+](=O)[O-])cc1.CN(c1ccc(-c2ccc(N(c3ccccc3)c3ccc(-c4ccccc4)cc3)cc2)cc1)c1cccc([N+](=O)[O-])c1. The second kappa shape index (κ2) is 25.4. The molecule has 12 aromatic carbocycles. The van der Waals surface area contributed by atoms with Gasteiger partial charge in [0, 0.05) is 95.2 Å². The van der Waals surface area contributed by atoms with E-state index in [0.717, 1.165) is 79.1 Å². The van der Waals surface area contributed by atoms with Gasteiger partial charge in [0.2, 0.25) is 0 Å². The van der Waals surface area contributed by atoms with Crippen LogP contribution in [0, 0.1) is 20.2 Å². The first-order valence-corrected chi connectivity index (χ1v) is 27.5. The van der Waals surface area contributed by atoms with Crippen molar-refractivity contribution in [1.82, 2.24) is 0 Å². The van der Waals surface area contributed by atoms with Gasteiger partial charge in [-0.3, -0.25) is 20.2 Å². The summed E-state index contributed by atoms with van der Waals surface area (Å²) in [7, 11) is 3.86. The van der Waals surface area contributed by atoms with E-state index in [9.17, 15) is 20.2 Å². The fourth-order valence-corrected chi connectivity index (χ4v) is 10.2. The standard InChI is InChI=1S/2C37H29N3O2/c1-38(36-13-8-14-37(27-36)40(41)42)32-21-15-30(16-22-32)31-19-25-35(26-20-31)39(33-11-6-3-7-12-33)34-23-17-29(18-24-34)28-9-4-2-5-10-28;1-38(33-24-26-37(27-25-33)40(41)42)32-18-12-30(13-19-32)31-16-22-36(23-17-31)39(34-10-6-3-7-11-34)35-20-14-29(15-21-35)28-8-4-2-5-9-28/h2*2-27H,1H3. The summed E-state index contributed by atoms with van der Waals surface area (Å²) in [5.41, 5.74) is 19.5. The molecule has 0 atom stereocenters. The summed E-state index contributed by atoms with van der Waals surface area (Å²) in [6, 6.07) is 106. The van der Waals surface area contributed by atoms with Crippen LogP contribution in [-0.2, 0) is 0 Å². The van der Waals surface area contributed by atoms with E-state index in [2.05, 4.69) is 240 Å². The Balaban J connectivity index is 0.000000175. The number of nitrogens with zero attached hydrogens (tertiary/aromatic N) is 6. The van der Waals surface area contributed by atoms with Crippen LogP contribution in [0.3, 0.4) is 0 Å². The Labute approximate surface area is 489 Å². The Morgan fingerprint density at radius 1 is 0.226 bits per heavy atom. The van der Waals surface area contributed by atoms with Crippen LogP contribution in [0.4, 0.5) is 68.2 Å². The average Bonchev–Trinajstić information content (AvgIpc) is 3.70. The highest BCUT2D eigenvalue weighted by molar-refractivity contribution is 5.82. The third-order valence-electron chi connectivity index (χ3n) is 14.8. The molecular weight excluding hydrogens is 1040 g/mol. The lowest BCUT2D eigenvalue weighted by molar-refractivity contribution is -0.385. The van der Waals surface area contributed by atoms with Gasteiger partial charge >= 0.3 is 0 Å². The van der Waals surface area contributed by atoms with Gasteiger partial charge in [-0.05, 0) is 160 Å². The van der Waals surface area contributed by atoms with E-state index < -0.39 is 0 Å². The van der Waals surface area contributed by atoms with E-state index in [1.54, 1.807) is 24.3 Å². The van der Waals surface area contributed by atoms with Crippen LogP contribution >= 0.6 is 0 Å². The molecule has 0 spiro atoms. The van der Waals surface area contributed by atoms with Crippen LogP contribution in [0.1, 0.15) is 0 Å². The number of para-hydroxylation sites is 2. The summed E-state index contributed by atoms with van der Waals surface area (Å²) in [6.07, 6.45) is 0. The van der Waals surface area contributed by atoms with E-state index in [1.165, 1.54) is 40.5 Å². The van der Waals surface area contributed by atoms with Gasteiger partial charge in [0.05, 0.1) is 9.85 Å². The Kier molecular flexibility index (Phi) is 16.5. The first kappa shape index (κ1) is 54.6. The first-order chi connectivity index (χ1) is 41.1. The molecule has 12 rings (SSSR count). The molecule has 0 saturated heterocycles. The van der Waals surface area contributed by atoms with Crippen molar-refractivity contribution >= 4 is 68.2 Å². The van der Waals surface area contributed by atoms with Gasteiger partial charge in [-0.15, -0.1) is 0 Å². The van der Waals surface area contributed by atoms with Crippen molar-refractivity contribution in [3.8, 4) is 44.5 Å². The molecule has 0 amide bonds. The molecule has 0 heterocycles. The van der Waals surface area contributed by atoms with Gasteiger partial charge in [0.15, 0.2) is 0 Å². The molecule has 0 aliphatic heterocycles. The fraction of sp³-hybridized carbons (Fsp3) is 0.0270. The van der Waals surface area contributed by atoms with Gasteiger partial charge in [0.25, 0.3) is 11.4 Å². The number of non-ortho nitro benzene ring substituents is 2. The molecule has 0 N–H and O–H groups in total. The third-order valence-corrected chi connectivity index (χ3v) is 14.8. The molecule has 0 radical (unpaired) electrons. The van der Waals surface area contributed by atoms with E-state index in [-0.39, 0.29) is 21.2 Å². The summed E-state index contributed by atoms with van der Waals surface area (Å²) in [5.74, 6) is 0. The number of hydrogen-bond donors (Lipinski definition) is 0. The average molecular weight is 1100 g/mol. The Morgan fingerprint density at radius 3 is 0.750 bits per heavy atom. The number of rotatable bonds is 16. The van der Waals surface area contributed by atoms with E-state index in [4.69, 9.17) is 0 Å².